The number of fused-ring (bicyclic) bond motifs is 1. The van der Waals surface area contributed by atoms with Crippen LogP contribution in [0.25, 0.3) is 0 Å². The molecule has 0 saturated carbocycles. The predicted molar refractivity (Wildman–Crippen MR) is 55.3 cm³/mol. The zero-order valence-corrected chi connectivity index (χ0v) is 8.14. The number of benzene rings is 1. The molecule has 0 N–H and O–H groups in total. The molecule has 2 rings (SSSR count). The Morgan fingerprint density at radius 1 is 1.42 bits per heavy atom. The maximum Gasteiger partial charge on any atom is 0.0396 e. The highest BCUT2D eigenvalue weighted by Crippen LogP contribution is 2.27. The zero-order chi connectivity index (χ0) is 8.55. The lowest BCUT2D eigenvalue weighted by molar-refractivity contribution is 0.742. The van der Waals surface area contributed by atoms with Crippen LogP contribution in [0.2, 0.25) is 0 Å². The number of hydrogen-bond acceptors (Lipinski definition) is 2. The van der Waals surface area contributed by atoms with Gasteiger partial charge in [-0.2, -0.15) is 0 Å². The van der Waals surface area contributed by atoms with Gasteiger partial charge in [0.25, 0.3) is 0 Å². The molecule has 1 aromatic carbocycles. The van der Waals surface area contributed by atoms with E-state index in [1.807, 2.05) is 0 Å². The Morgan fingerprint density at radius 2 is 2.25 bits per heavy atom. The maximum atomic E-state index is 4.33. The van der Waals surface area contributed by atoms with E-state index < -0.39 is 0 Å². The molecule has 0 spiro atoms. The van der Waals surface area contributed by atoms with Crippen molar-refractivity contribution in [2.24, 2.45) is 0 Å². The van der Waals surface area contributed by atoms with Crippen LogP contribution in [0, 0.1) is 0 Å². The van der Waals surface area contributed by atoms with Gasteiger partial charge >= 0.3 is 0 Å². The van der Waals surface area contributed by atoms with Crippen LogP contribution >= 0.6 is 12.6 Å². The fourth-order valence-corrected chi connectivity index (χ4v) is 2.00. The number of thiol groups is 1. The second-order valence-electron chi connectivity index (χ2n) is 3.34. The fraction of sp³-hybridized carbons (Fsp3) is 0.400. The molecule has 0 atom stereocenters. The first-order valence-corrected chi connectivity index (χ1v) is 4.75. The molecule has 0 saturated heterocycles. The van der Waals surface area contributed by atoms with E-state index in [-0.39, 0.29) is 0 Å². The molecule has 0 fully saturated rings. The molecule has 0 aromatic heterocycles. The van der Waals surface area contributed by atoms with Gasteiger partial charge in [-0.15, -0.1) is 12.6 Å². The summed E-state index contributed by atoms with van der Waals surface area (Å²) < 4.78 is 0. The van der Waals surface area contributed by atoms with Gasteiger partial charge in [-0.25, -0.2) is 0 Å². The van der Waals surface area contributed by atoms with E-state index in [0.717, 1.165) is 4.90 Å². The zero-order valence-electron chi connectivity index (χ0n) is 7.25. The minimum atomic E-state index is 1.07. The largest absolute Gasteiger partial charge is 0.374 e. The first-order chi connectivity index (χ1) is 5.77. The van der Waals surface area contributed by atoms with Crippen molar-refractivity contribution in [1.82, 2.24) is 0 Å². The summed E-state index contributed by atoms with van der Waals surface area (Å²) in [5, 5.41) is 0. The van der Waals surface area contributed by atoms with E-state index in [4.69, 9.17) is 0 Å². The highest BCUT2D eigenvalue weighted by Gasteiger charge is 2.12. The summed E-state index contributed by atoms with van der Waals surface area (Å²) in [6.45, 7) is 1.18. The average molecular weight is 179 g/mol. The fourth-order valence-electron chi connectivity index (χ4n) is 1.77. The molecular weight excluding hydrogens is 166 g/mol. The number of anilines is 1. The summed E-state index contributed by atoms with van der Waals surface area (Å²) >= 11 is 4.33. The third-order valence-corrected chi connectivity index (χ3v) is 2.69. The molecule has 0 bridgehead atoms. The van der Waals surface area contributed by atoms with Gasteiger partial charge < -0.3 is 4.90 Å². The Bertz CT molecular complexity index is 296. The van der Waals surface area contributed by atoms with Crippen molar-refractivity contribution < 1.29 is 0 Å². The molecule has 1 aliphatic heterocycles. The Balaban J connectivity index is 2.46. The van der Waals surface area contributed by atoms with E-state index >= 15 is 0 Å². The number of aryl methyl sites for hydroxylation is 1. The van der Waals surface area contributed by atoms with Crippen molar-refractivity contribution in [2.45, 2.75) is 17.7 Å². The molecule has 1 aliphatic rings. The van der Waals surface area contributed by atoms with E-state index in [9.17, 15) is 0 Å². The molecule has 0 aliphatic carbocycles. The lowest BCUT2D eigenvalue weighted by Gasteiger charge is -2.27. The maximum absolute atomic E-state index is 4.33. The minimum absolute atomic E-state index is 1.07. The van der Waals surface area contributed by atoms with Crippen molar-refractivity contribution in [2.75, 3.05) is 18.5 Å². The van der Waals surface area contributed by atoms with E-state index in [1.54, 1.807) is 0 Å². The summed E-state index contributed by atoms with van der Waals surface area (Å²) in [4.78, 5) is 3.38. The topological polar surface area (TPSA) is 3.24 Å². The molecule has 1 aromatic rings. The molecule has 0 unspecified atom stereocenters. The second-order valence-corrected chi connectivity index (χ2v) is 3.85. The quantitative estimate of drug-likeness (QED) is 0.598. The standard InChI is InChI=1S/C10H13NS/c1-11-6-2-3-8-7-9(12)4-5-10(8)11/h4-5,7,12H,2-3,6H2,1H3. The first kappa shape index (κ1) is 7.99. The third-order valence-electron chi connectivity index (χ3n) is 2.41. The van der Waals surface area contributed by atoms with Gasteiger partial charge in [0, 0.05) is 24.2 Å². The van der Waals surface area contributed by atoms with Crippen LogP contribution in [0.15, 0.2) is 23.1 Å². The normalized spacial score (nSPS) is 16.0. The molecule has 0 amide bonds. The number of hydrogen-bond donors (Lipinski definition) is 1. The number of rotatable bonds is 0. The molecule has 64 valence electrons. The average Bonchev–Trinajstić information content (AvgIpc) is 2.04. The highest BCUT2D eigenvalue weighted by atomic mass is 32.1. The van der Waals surface area contributed by atoms with Gasteiger partial charge in [0.1, 0.15) is 0 Å². The van der Waals surface area contributed by atoms with Crippen LogP contribution in [0.3, 0.4) is 0 Å². The van der Waals surface area contributed by atoms with Crippen molar-refractivity contribution in [3.63, 3.8) is 0 Å². The van der Waals surface area contributed by atoms with Crippen LogP contribution in [-0.4, -0.2) is 13.6 Å². The van der Waals surface area contributed by atoms with Gasteiger partial charge in [-0.3, -0.25) is 0 Å². The van der Waals surface area contributed by atoms with E-state index in [2.05, 4.69) is 42.8 Å². The van der Waals surface area contributed by atoms with Crippen molar-refractivity contribution >= 4 is 18.3 Å². The lowest BCUT2D eigenvalue weighted by Crippen LogP contribution is -2.24. The second kappa shape index (κ2) is 3.02. The summed E-state index contributed by atoms with van der Waals surface area (Å²) in [6.07, 6.45) is 2.47. The van der Waals surface area contributed by atoms with Crippen LogP contribution in [-0.2, 0) is 6.42 Å². The summed E-state index contributed by atoms with van der Waals surface area (Å²) in [6, 6.07) is 6.40. The predicted octanol–water partition coefficient (Wildman–Crippen LogP) is 2.36. The van der Waals surface area contributed by atoms with Gasteiger partial charge in [0.2, 0.25) is 0 Å². The molecule has 1 heterocycles. The Morgan fingerprint density at radius 3 is 3.08 bits per heavy atom. The monoisotopic (exact) mass is 179 g/mol. The summed E-state index contributed by atoms with van der Waals surface area (Å²) in [5.41, 5.74) is 2.82. The lowest BCUT2D eigenvalue weighted by atomic mass is 10.0. The van der Waals surface area contributed by atoms with Crippen molar-refractivity contribution in [3.8, 4) is 0 Å². The first-order valence-electron chi connectivity index (χ1n) is 4.30. The molecule has 0 radical (unpaired) electrons. The highest BCUT2D eigenvalue weighted by molar-refractivity contribution is 7.80. The Labute approximate surface area is 78.8 Å². The van der Waals surface area contributed by atoms with Gasteiger partial charge in [0.05, 0.1) is 0 Å². The summed E-state index contributed by atoms with van der Waals surface area (Å²) in [5.74, 6) is 0. The van der Waals surface area contributed by atoms with Crippen LogP contribution in [0.4, 0.5) is 5.69 Å². The van der Waals surface area contributed by atoms with Crippen LogP contribution < -0.4 is 4.90 Å². The Hall–Kier alpha value is -0.630. The molecule has 2 heteroatoms. The molecule has 12 heavy (non-hydrogen) atoms. The van der Waals surface area contributed by atoms with Crippen LogP contribution in [0.5, 0.6) is 0 Å². The van der Waals surface area contributed by atoms with Crippen molar-refractivity contribution in [1.29, 1.82) is 0 Å². The van der Waals surface area contributed by atoms with Gasteiger partial charge in [-0.1, -0.05) is 0 Å². The smallest absolute Gasteiger partial charge is 0.0396 e. The SMILES string of the molecule is CN1CCCc2cc(S)ccc21. The molecule has 1 nitrogen and oxygen atoms in total. The van der Waals surface area contributed by atoms with Gasteiger partial charge in [-0.05, 0) is 36.6 Å². The molecular formula is C10H13NS. The third kappa shape index (κ3) is 1.31. The number of nitrogens with zero attached hydrogens (tertiary/aromatic N) is 1. The van der Waals surface area contributed by atoms with Gasteiger partial charge in [0.15, 0.2) is 0 Å². The van der Waals surface area contributed by atoms with Crippen molar-refractivity contribution in [3.05, 3.63) is 23.8 Å². The van der Waals surface area contributed by atoms with E-state index in [1.165, 1.54) is 30.6 Å². The minimum Gasteiger partial charge on any atom is -0.374 e. The Kier molecular flexibility index (Phi) is 2.01. The van der Waals surface area contributed by atoms with Crippen LogP contribution in [0.1, 0.15) is 12.0 Å². The van der Waals surface area contributed by atoms with E-state index in [0.29, 0.717) is 0 Å². The summed E-state index contributed by atoms with van der Waals surface area (Å²) in [7, 11) is 2.15.